The average Bonchev–Trinajstić information content (AvgIpc) is 2.40. The van der Waals surface area contributed by atoms with Gasteiger partial charge in [0.05, 0.1) is 16.7 Å². The van der Waals surface area contributed by atoms with Gasteiger partial charge in [-0.3, -0.25) is 9.24 Å². The van der Waals surface area contributed by atoms with E-state index >= 15 is 0 Å². The van der Waals surface area contributed by atoms with Crippen LogP contribution in [-0.2, 0) is 4.57 Å². The predicted molar refractivity (Wildman–Crippen MR) is 89.8 cm³/mol. The minimum Gasteiger partial charge on any atom is -0.331 e. The van der Waals surface area contributed by atoms with Crippen LogP contribution >= 0.6 is 31.1 Å². The maximum atomic E-state index is 13.2. The fourth-order valence-electron chi connectivity index (χ4n) is 2.31. The topological polar surface area (TPSA) is 32.3 Å². The van der Waals surface area contributed by atoms with Crippen molar-refractivity contribution in [3.8, 4) is 0 Å². The predicted octanol–water partition coefficient (Wildman–Crippen LogP) is 4.09. The van der Waals surface area contributed by atoms with Crippen LogP contribution in [0.15, 0.2) is 48.5 Å². The van der Waals surface area contributed by atoms with Crippen LogP contribution in [0.5, 0.6) is 0 Å². The Bertz CT molecular complexity index is 732. The highest BCUT2D eigenvalue weighted by Gasteiger charge is 2.37. The van der Waals surface area contributed by atoms with Crippen LogP contribution in [0, 0.1) is 0 Å². The smallest absolute Gasteiger partial charge is 0.206 e. The summed E-state index contributed by atoms with van der Waals surface area (Å²) < 4.78 is 14.9. The lowest BCUT2D eigenvalue weighted by atomic mass is 10.3. The average molecular weight is 323 g/mol. The van der Waals surface area contributed by atoms with Gasteiger partial charge in [-0.1, -0.05) is 23.7 Å². The minimum atomic E-state index is -2.79. The van der Waals surface area contributed by atoms with Gasteiger partial charge in [-0.25, -0.2) is 0 Å². The molecule has 6 heteroatoms. The molecule has 1 heterocycles. The highest BCUT2D eigenvalue weighted by atomic mass is 35.5. The summed E-state index contributed by atoms with van der Waals surface area (Å²) in [5, 5.41) is 4.99. The van der Waals surface area contributed by atoms with Crippen LogP contribution in [0.4, 0.5) is 11.4 Å². The third-order valence-corrected chi connectivity index (χ3v) is 6.39. The van der Waals surface area contributed by atoms with Gasteiger partial charge in [-0.2, -0.15) is 0 Å². The van der Waals surface area contributed by atoms with Gasteiger partial charge in [0.1, 0.15) is 0 Å². The molecule has 1 aliphatic rings. The monoisotopic (exact) mass is 322 g/mol. The Balaban J connectivity index is 2.15. The van der Waals surface area contributed by atoms with E-state index in [0.717, 1.165) is 16.7 Å². The Morgan fingerprint density at radius 2 is 1.80 bits per heavy atom. The van der Waals surface area contributed by atoms with Crippen LogP contribution < -0.4 is 15.3 Å². The van der Waals surface area contributed by atoms with Crippen molar-refractivity contribution < 1.29 is 4.57 Å². The van der Waals surface area contributed by atoms with E-state index in [4.69, 9.17) is 23.8 Å². The number of hydrogen-bond donors (Lipinski definition) is 1. The van der Waals surface area contributed by atoms with Crippen molar-refractivity contribution >= 4 is 52.9 Å². The molecular formula is C14H12ClN2OPS. The molecule has 0 aromatic heterocycles. The molecule has 0 radical (unpaired) electrons. The summed E-state index contributed by atoms with van der Waals surface area (Å²) in [6.07, 6.45) is 0. The molecular weight excluding hydrogens is 311 g/mol. The molecule has 1 atom stereocenters. The second kappa shape index (κ2) is 4.88. The lowest BCUT2D eigenvalue weighted by Crippen LogP contribution is -2.41. The van der Waals surface area contributed by atoms with Gasteiger partial charge in [0, 0.05) is 11.7 Å². The zero-order valence-electron chi connectivity index (χ0n) is 10.7. The molecule has 2 aromatic rings. The number of benzene rings is 2. The van der Waals surface area contributed by atoms with Gasteiger partial charge in [0.2, 0.25) is 7.29 Å². The van der Waals surface area contributed by atoms with E-state index in [9.17, 15) is 4.57 Å². The lowest BCUT2D eigenvalue weighted by Gasteiger charge is -2.37. The first kappa shape index (κ1) is 13.6. The van der Waals surface area contributed by atoms with Crippen LogP contribution in [0.1, 0.15) is 0 Å². The van der Waals surface area contributed by atoms with Crippen LogP contribution in [-0.4, -0.2) is 11.8 Å². The summed E-state index contributed by atoms with van der Waals surface area (Å²) in [6.45, 7) is 1.73. The van der Waals surface area contributed by atoms with Crippen molar-refractivity contribution in [1.82, 2.24) is 0 Å². The number of rotatable bonds is 1. The Morgan fingerprint density at radius 3 is 2.50 bits per heavy atom. The second-order valence-electron chi connectivity index (χ2n) is 4.61. The molecule has 0 spiro atoms. The number of anilines is 2. The van der Waals surface area contributed by atoms with Gasteiger partial charge >= 0.3 is 0 Å². The molecule has 1 unspecified atom stereocenters. The quantitative estimate of drug-likeness (QED) is 0.633. The number of nitrogens with zero attached hydrogens (tertiary/aromatic N) is 1. The van der Waals surface area contributed by atoms with Crippen LogP contribution in [0.25, 0.3) is 0 Å². The SMILES string of the molecule is CP1(=O)c2ccccc2NC(=S)N1c1ccc(Cl)cc1. The molecule has 1 aliphatic heterocycles. The minimum absolute atomic E-state index is 0.442. The normalized spacial score (nSPS) is 21.3. The van der Waals surface area contributed by atoms with E-state index in [0.29, 0.717) is 10.1 Å². The van der Waals surface area contributed by atoms with Crippen molar-refractivity contribution in [3.63, 3.8) is 0 Å². The summed E-state index contributed by atoms with van der Waals surface area (Å²) in [5.74, 6) is 0. The number of halogens is 1. The van der Waals surface area contributed by atoms with E-state index in [1.54, 1.807) is 23.5 Å². The number of hydrogen-bond acceptors (Lipinski definition) is 2. The highest BCUT2D eigenvalue weighted by molar-refractivity contribution is 7.84. The molecule has 3 rings (SSSR count). The molecule has 0 aliphatic carbocycles. The van der Waals surface area contributed by atoms with Gasteiger partial charge in [0.15, 0.2) is 5.11 Å². The second-order valence-corrected chi connectivity index (χ2v) is 8.08. The van der Waals surface area contributed by atoms with E-state index in [1.165, 1.54) is 0 Å². The maximum absolute atomic E-state index is 13.2. The zero-order valence-corrected chi connectivity index (χ0v) is 13.2. The summed E-state index contributed by atoms with van der Waals surface area (Å²) in [4.78, 5) is 0. The maximum Gasteiger partial charge on any atom is 0.206 e. The molecule has 2 aromatic carbocycles. The molecule has 20 heavy (non-hydrogen) atoms. The molecule has 0 amide bonds. The summed E-state index contributed by atoms with van der Waals surface area (Å²) >= 11 is 11.3. The molecule has 0 bridgehead atoms. The van der Waals surface area contributed by atoms with Crippen molar-refractivity contribution in [2.45, 2.75) is 0 Å². The standard InChI is InChI=1S/C14H12ClN2OPS/c1-19(18)13-5-3-2-4-12(13)16-14(20)17(19)11-8-6-10(15)7-9-11/h2-9H,1H3,(H,16,20). The first-order chi connectivity index (χ1) is 9.50. The number of thiocarbonyl (C=S) groups is 1. The Kier molecular flexibility index (Phi) is 3.33. The van der Waals surface area contributed by atoms with Gasteiger partial charge in [0.25, 0.3) is 0 Å². The molecule has 0 saturated carbocycles. The number of fused-ring (bicyclic) bond motifs is 1. The molecule has 102 valence electrons. The third-order valence-electron chi connectivity index (χ3n) is 3.24. The van der Waals surface area contributed by atoms with E-state index < -0.39 is 7.29 Å². The summed E-state index contributed by atoms with van der Waals surface area (Å²) in [5.41, 5.74) is 1.58. The van der Waals surface area contributed by atoms with Crippen molar-refractivity contribution in [2.75, 3.05) is 16.7 Å². The van der Waals surface area contributed by atoms with Crippen molar-refractivity contribution in [2.24, 2.45) is 0 Å². The van der Waals surface area contributed by atoms with Gasteiger partial charge < -0.3 is 5.32 Å². The Morgan fingerprint density at radius 1 is 1.15 bits per heavy atom. The zero-order chi connectivity index (χ0) is 14.3. The fraction of sp³-hybridized carbons (Fsp3) is 0.0714. The first-order valence-corrected chi connectivity index (χ1v) is 8.94. The summed E-state index contributed by atoms with van der Waals surface area (Å²) in [7, 11) is -2.79. The van der Waals surface area contributed by atoms with E-state index in [1.807, 2.05) is 36.4 Å². The number of nitrogens with one attached hydrogen (secondary N) is 1. The first-order valence-electron chi connectivity index (χ1n) is 6.04. The molecule has 0 saturated heterocycles. The Hall–Kier alpha value is -1.35. The Labute approximate surface area is 128 Å². The molecule has 3 nitrogen and oxygen atoms in total. The molecule has 0 fully saturated rings. The van der Waals surface area contributed by atoms with Gasteiger partial charge in [-0.15, -0.1) is 0 Å². The highest BCUT2D eigenvalue weighted by Crippen LogP contribution is 2.51. The largest absolute Gasteiger partial charge is 0.331 e. The summed E-state index contributed by atoms with van der Waals surface area (Å²) in [6, 6.07) is 14.7. The van der Waals surface area contributed by atoms with E-state index in [2.05, 4.69) is 5.32 Å². The third kappa shape index (κ3) is 2.14. The van der Waals surface area contributed by atoms with Crippen molar-refractivity contribution in [1.29, 1.82) is 0 Å². The van der Waals surface area contributed by atoms with Crippen molar-refractivity contribution in [3.05, 3.63) is 53.6 Å². The fourth-order valence-corrected chi connectivity index (χ4v) is 5.25. The van der Waals surface area contributed by atoms with Gasteiger partial charge in [-0.05, 0) is 48.6 Å². The number of para-hydroxylation sites is 1. The van der Waals surface area contributed by atoms with E-state index in [-0.39, 0.29) is 0 Å². The molecule has 1 N–H and O–H groups in total. The van der Waals surface area contributed by atoms with Crippen LogP contribution in [0.3, 0.4) is 0 Å². The van der Waals surface area contributed by atoms with Crippen LogP contribution in [0.2, 0.25) is 5.02 Å². The lowest BCUT2D eigenvalue weighted by molar-refractivity contribution is 0.585.